The number of rotatable bonds is 9. The Hall–Kier alpha value is -2.23. The summed E-state index contributed by atoms with van der Waals surface area (Å²) in [6.07, 6.45) is 5.24. The number of hydrogen-bond acceptors (Lipinski definition) is 7. The maximum absolute atomic E-state index is 11.5. The zero-order valence-electron chi connectivity index (χ0n) is 16.4. The van der Waals surface area contributed by atoms with Crippen LogP contribution in [-0.2, 0) is 9.59 Å². The van der Waals surface area contributed by atoms with Crippen molar-refractivity contribution in [3.05, 3.63) is 42.6 Å². The average molecular weight is 433 g/mol. The van der Waals surface area contributed by atoms with Gasteiger partial charge in [-0.3, -0.25) is 9.59 Å². The van der Waals surface area contributed by atoms with E-state index in [1.165, 1.54) is 14.7 Å². The maximum Gasteiger partial charge on any atom is 0.323 e. The third-order valence-electron chi connectivity index (χ3n) is 4.81. The first-order valence-corrected chi connectivity index (χ1v) is 11.2. The van der Waals surface area contributed by atoms with Crippen LogP contribution in [0.25, 0.3) is 0 Å². The lowest BCUT2D eigenvalue weighted by Gasteiger charge is -2.29. The van der Waals surface area contributed by atoms with E-state index in [2.05, 4.69) is 44.7 Å². The molecule has 1 fully saturated rings. The van der Waals surface area contributed by atoms with Gasteiger partial charge in [-0.05, 0) is 48.9 Å². The van der Waals surface area contributed by atoms with Gasteiger partial charge >= 0.3 is 5.97 Å². The SMILES string of the molecule is CSc1ccccc1SN1CC[C@@H](N(C)c2ncccc2N(C=O)CC(=O)O)C1. The highest BCUT2D eigenvalue weighted by atomic mass is 32.2. The van der Waals surface area contributed by atoms with E-state index >= 15 is 0 Å². The third kappa shape index (κ3) is 5.23. The molecule has 1 aromatic carbocycles. The highest BCUT2D eigenvalue weighted by Gasteiger charge is 2.29. The molecule has 0 bridgehead atoms. The van der Waals surface area contributed by atoms with E-state index in [-0.39, 0.29) is 6.04 Å². The van der Waals surface area contributed by atoms with Gasteiger partial charge in [-0.1, -0.05) is 12.1 Å². The Labute approximate surface area is 179 Å². The van der Waals surface area contributed by atoms with Crippen molar-refractivity contribution in [1.29, 1.82) is 0 Å². The molecular weight excluding hydrogens is 408 g/mol. The lowest BCUT2D eigenvalue weighted by Crippen LogP contribution is -2.36. The van der Waals surface area contributed by atoms with Crippen LogP contribution in [0.2, 0.25) is 0 Å². The number of aromatic nitrogens is 1. The molecule has 0 aliphatic carbocycles. The van der Waals surface area contributed by atoms with Gasteiger partial charge in [0.2, 0.25) is 6.41 Å². The number of hydrogen-bond donors (Lipinski definition) is 1. The van der Waals surface area contributed by atoms with Crippen molar-refractivity contribution in [2.75, 3.05) is 42.7 Å². The van der Waals surface area contributed by atoms with E-state index in [9.17, 15) is 9.59 Å². The lowest BCUT2D eigenvalue weighted by molar-refractivity contribution is -0.136. The van der Waals surface area contributed by atoms with Gasteiger partial charge in [-0.2, -0.15) is 0 Å². The fourth-order valence-electron chi connectivity index (χ4n) is 3.33. The molecule has 0 unspecified atom stereocenters. The number of nitrogens with zero attached hydrogens (tertiary/aromatic N) is 4. The number of thioether (sulfide) groups is 1. The van der Waals surface area contributed by atoms with E-state index in [0.717, 1.165) is 19.5 Å². The number of benzene rings is 1. The van der Waals surface area contributed by atoms with Crippen molar-refractivity contribution in [1.82, 2.24) is 9.29 Å². The van der Waals surface area contributed by atoms with Gasteiger partial charge in [-0.15, -0.1) is 11.8 Å². The predicted molar refractivity (Wildman–Crippen MR) is 118 cm³/mol. The summed E-state index contributed by atoms with van der Waals surface area (Å²) in [7, 11) is 1.95. The molecule has 1 aliphatic heterocycles. The molecule has 0 saturated carbocycles. The van der Waals surface area contributed by atoms with Crippen molar-refractivity contribution in [3.8, 4) is 0 Å². The second kappa shape index (κ2) is 10.00. The minimum absolute atomic E-state index is 0.218. The van der Waals surface area contributed by atoms with Crippen LogP contribution in [0.15, 0.2) is 52.4 Å². The zero-order valence-corrected chi connectivity index (χ0v) is 18.0. The molecule has 3 rings (SSSR count). The van der Waals surface area contributed by atoms with E-state index < -0.39 is 12.5 Å². The first-order chi connectivity index (χ1) is 14.0. The van der Waals surface area contributed by atoms with Crippen LogP contribution in [0.4, 0.5) is 11.5 Å². The minimum atomic E-state index is -1.06. The summed E-state index contributed by atoms with van der Waals surface area (Å²) >= 11 is 3.50. The largest absolute Gasteiger partial charge is 0.480 e. The topological polar surface area (TPSA) is 77.0 Å². The Morgan fingerprint density at radius 1 is 1.31 bits per heavy atom. The van der Waals surface area contributed by atoms with Crippen LogP contribution in [-0.4, -0.2) is 65.8 Å². The summed E-state index contributed by atoms with van der Waals surface area (Å²) in [5, 5.41) is 9.09. The van der Waals surface area contributed by atoms with Gasteiger partial charge in [0.15, 0.2) is 5.82 Å². The second-order valence-corrected chi connectivity index (χ2v) is 8.64. The number of anilines is 2. The molecule has 2 heterocycles. The third-order valence-corrected chi connectivity index (χ3v) is 6.88. The minimum Gasteiger partial charge on any atom is -0.480 e. The quantitative estimate of drug-likeness (QED) is 0.368. The molecule has 9 heteroatoms. The number of aliphatic carboxylic acids is 1. The van der Waals surface area contributed by atoms with Crippen LogP contribution in [0.5, 0.6) is 0 Å². The summed E-state index contributed by atoms with van der Waals surface area (Å²) in [4.78, 5) is 32.7. The molecule has 1 aromatic heterocycles. The van der Waals surface area contributed by atoms with Gasteiger partial charge in [-0.25, -0.2) is 9.29 Å². The molecule has 1 amide bonds. The predicted octanol–water partition coefficient (Wildman–Crippen LogP) is 3.07. The van der Waals surface area contributed by atoms with Gasteiger partial charge in [0, 0.05) is 42.2 Å². The van der Waals surface area contributed by atoms with Crippen LogP contribution < -0.4 is 9.80 Å². The number of likely N-dealkylation sites (N-methyl/N-ethyl adjacent to an activating group) is 1. The standard InChI is InChI=1S/C20H24N4O3S2/c1-22(20-16(6-5-10-21-20)23(14-25)13-19(26)27)15-9-11-24(12-15)29-18-8-4-3-7-17(18)28-2/h3-8,10,14-15H,9,11-13H2,1-2H3,(H,26,27)/t15-/m1/s1. The monoisotopic (exact) mass is 432 g/mol. The normalized spacial score (nSPS) is 16.6. The van der Waals surface area contributed by atoms with Gasteiger partial charge in [0.1, 0.15) is 6.54 Å². The Morgan fingerprint density at radius 3 is 2.76 bits per heavy atom. The summed E-state index contributed by atoms with van der Waals surface area (Å²) in [5.74, 6) is -0.451. The highest BCUT2D eigenvalue weighted by Crippen LogP contribution is 2.35. The van der Waals surface area contributed by atoms with Crippen LogP contribution in [0.1, 0.15) is 6.42 Å². The van der Waals surface area contributed by atoms with E-state index in [1.807, 2.05) is 7.05 Å². The number of carboxylic acids is 1. The van der Waals surface area contributed by atoms with Crippen molar-refractivity contribution in [2.45, 2.75) is 22.3 Å². The Kier molecular flexibility index (Phi) is 7.40. The molecule has 1 atom stereocenters. The highest BCUT2D eigenvalue weighted by molar-refractivity contribution is 8.01. The van der Waals surface area contributed by atoms with Crippen molar-refractivity contribution >= 4 is 47.6 Å². The van der Waals surface area contributed by atoms with Crippen molar-refractivity contribution in [3.63, 3.8) is 0 Å². The molecule has 1 aliphatic rings. The number of carboxylic acid groups (broad SMARTS) is 1. The number of amides is 1. The molecule has 7 nitrogen and oxygen atoms in total. The molecule has 1 saturated heterocycles. The van der Waals surface area contributed by atoms with Gasteiger partial charge in [0.25, 0.3) is 0 Å². The van der Waals surface area contributed by atoms with Crippen LogP contribution in [0.3, 0.4) is 0 Å². The number of carbonyl (C=O) groups is 2. The van der Waals surface area contributed by atoms with Crippen molar-refractivity contribution < 1.29 is 14.7 Å². The molecule has 2 aromatic rings. The van der Waals surface area contributed by atoms with E-state index in [0.29, 0.717) is 17.9 Å². The molecule has 0 radical (unpaired) electrons. The second-order valence-electron chi connectivity index (χ2n) is 6.66. The summed E-state index contributed by atoms with van der Waals surface area (Å²) < 4.78 is 2.34. The molecule has 0 spiro atoms. The maximum atomic E-state index is 11.5. The van der Waals surface area contributed by atoms with E-state index in [4.69, 9.17) is 5.11 Å². The molecular formula is C20H24N4O3S2. The Balaban J connectivity index is 1.73. The van der Waals surface area contributed by atoms with Gasteiger partial charge in [0.05, 0.1) is 5.69 Å². The first-order valence-electron chi connectivity index (χ1n) is 9.21. The molecule has 29 heavy (non-hydrogen) atoms. The lowest BCUT2D eigenvalue weighted by atomic mass is 10.2. The summed E-state index contributed by atoms with van der Waals surface area (Å²) in [6, 6.07) is 12.0. The first kappa shape index (κ1) is 21.5. The molecule has 154 valence electrons. The summed E-state index contributed by atoms with van der Waals surface area (Å²) in [5.41, 5.74) is 0.506. The molecule has 1 N–H and O–H groups in total. The van der Waals surface area contributed by atoms with Crippen LogP contribution >= 0.6 is 23.7 Å². The smallest absolute Gasteiger partial charge is 0.323 e. The fraction of sp³-hybridized carbons (Fsp3) is 0.350. The average Bonchev–Trinajstić information content (AvgIpc) is 3.20. The Bertz CT molecular complexity index is 867. The van der Waals surface area contributed by atoms with Gasteiger partial charge < -0.3 is 14.9 Å². The van der Waals surface area contributed by atoms with E-state index in [1.54, 1.807) is 42.0 Å². The fourth-order valence-corrected chi connectivity index (χ4v) is 5.19. The summed E-state index contributed by atoms with van der Waals surface area (Å²) in [6.45, 7) is 1.39. The van der Waals surface area contributed by atoms with Crippen LogP contribution in [0, 0.1) is 0 Å². The number of pyridine rings is 1. The number of carbonyl (C=O) groups excluding carboxylic acids is 1. The van der Waals surface area contributed by atoms with Crippen molar-refractivity contribution in [2.24, 2.45) is 0 Å². The zero-order chi connectivity index (χ0) is 20.8. The Morgan fingerprint density at radius 2 is 2.07 bits per heavy atom.